The van der Waals surface area contributed by atoms with E-state index in [0.717, 1.165) is 0 Å². The van der Waals surface area contributed by atoms with Crippen LogP contribution in [-0.4, -0.2) is 6.36 Å². The first-order valence-corrected chi connectivity index (χ1v) is 2.09. The Balaban J connectivity index is 3.13. The lowest BCUT2D eigenvalue weighted by Gasteiger charge is -2.02. The molecular formula is C5H9FO. The lowest BCUT2D eigenvalue weighted by molar-refractivity contribution is 0.0239. The number of halogens is 1. The van der Waals surface area contributed by atoms with Crippen LogP contribution in [0.5, 0.6) is 0 Å². The number of ether oxygens (including phenoxy) is 1. The molecule has 0 aromatic rings. The Hall–Kier alpha value is -0.530. The number of rotatable bonds is 2. The summed E-state index contributed by atoms with van der Waals surface area (Å²) >= 11 is 0. The van der Waals surface area contributed by atoms with Crippen molar-refractivity contribution in [2.24, 2.45) is 0 Å². The molecule has 0 aliphatic carbocycles. The third kappa shape index (κ3) is 5.47. The average Bonchev–Trinajstić information content (AvgIpc) is 1.27. The summed E-state index contributed by atoms with van der Waals surface area (Å²) in [6, 6.07) is 0. The zero-order valence-corrected chi connectivity index (χ0v) is 4.57. The molecule has 0 aromatic heterocycles. The molecule has 42 valence electrons. The second-order valence-electron chi connectivity index (χ2n) is 1.36. The number of hydrogen-bond donors (Lipinski definition) is 0. The van der Waals surface area contributed by atoms with Gasteiger partial charge in [-0.25, -0.2) is 4.39 Å². The van der Waals surface area contributed by atoms with Crippen molar-refractivity contribution in [1.82, 2.24) is 0 Å². The van der Waals surface area contributed by atoms with E-state index in [2.05, 4.69) is 11.3 Å². The van der Waals surface area contributed by atoms with Crippen molar-refractivity contribution in [2.75, 3.05) is 0 Å². The van der Waals surface area contributed by atoms with E-state index in [1.165, 1.54) is 6.92 Å². The van der Waals surface area contributed by atoms with E-state index in [1.54, 1.807) is 6.92 Å². The van der Waals surface area contributed by atoms with Crippen molar-refractivity contribution in [1.29, 1.82) is 0 Å². The molecule has 1 atom stereocenters. The summed E-state index contributed by atoms with van der Waals surface area (Å²) in [6.07, 6.45) is -1.22. The van der Waals surface area contributed by atoms with Gasteiger partial charge in [0, 0.05) is 6.92 Å². The highest BCUT2D eigenvalue weighted by molar-refractivity contribution is 4.73. The monoisotopic (exact) mass is 104 g/mol. The zero-order chi connectivity index (χ0) is 5.86. The predicted octanol–water partition coefficient (Wildman–Crippen LogP) is 1.85. The summed E-state index contributed by atoms with van der Waals surface area (Å²) in [5.74, 6) is 0.412. The minimum Gasteiger partial charge on any atom is -0.466 e. The smallest absolute Gasteiger partial charge is 0.235 e. The standard InChI is InChI=1S/C5H9FO/c1-4(2)7-5(3)6/h5H,1H2,2-3H3. The Morgan fingerprint density at radius 1 is 1.86 bits per heavy atom. The zero-order valence-electron chi connectivity index (χ0n) is 4.57. The third-order valence-corrected chi connectivity index (χ3v) is 0.364. The van der Waals surface area contributed by atoms with Crippen LogP contribution in [0.2, 0.25) is 0 Å². The van der Waals surface area contributed by atoms with Crippen LogP contribution in [0, 0.1) is 0 Å². The molecule has 0 spiro atoms. The molecule has 0 aromatic carbocycles. The Kier molecular flexibility index (Phi) is 2.41. The number of allylic oxidation sites excluding steroid dienone is 1. The summed E-state index contributed by atoms with van der Waals surface area (Å²) < 4.78 is 16.1. The van der Waals surface area contributed by atoms with E-state index < -0.39 is 6.36 Å². The number of hydrogen-bond acceptors (Lipinski definition) is 1. The predicted molar refractivity (Wildman–Crippen MR) is 26.5 cm³/mol. The molecule has 7 heavy (non-hydrogen) atoms. The lowest BCUT2D eigenvalue weighted by atomic mass is 10.6. The van der Waals surface area contributed by atoms with Crippen LogP contribution in [0.3, 0.4) is 0 Å². The Morgan fingerprint density at radius 2 is 2.29 bits per heavy atom. The van der Waals surface area contributed by atoms with Crippen LogP contribution < -0.4 is 0 Å². The van der Waals surface area contributed by atoms with Crippen molar-refractivity contribution >= 4 is 0 Å². The molecule has 0 radical (unpaired) electrons. The molecule has 0 amide bonds. The van der Waals surface area contributed by atoms with Crippen molar-refractivity contribution in [3.8, 4) is 0 Å². The molecule has 0 rings (SSSR count). The van der Waals surface area contributed by atoms with Gasteiger partial charge in [-0.1, -0.05) is 6.58 Å². The SMILES string of the molecule is C=C(C)OC(C)F. The molecule has 1 unspecified atom stereocenters. The summed E-state index contributed by atoms with van der Waals surface area (Å²) in [6.45, 7) is 6.25. The fourth-order valence-electron chi connectivity index (χ4n) is 0.277. The largest absolute Gasteiger partial charge is 0.466 e. The van der Waals surface area contributed by atoms with E-state index in [4.69, 9.17) is 0 Å². The molecule has 0 bridgehead atoms. The van der Waals surface area contributed by atoms with E-state index in [1.807, 2.05) is 0 Å². The summed E-state index contributed by atoms with van der Waals surface area (Å²) in [4.78, 5) is 0. The van der Waals surface area contributed by atoms with Crippen LogP contribution in [0.4, 0.5) is 4.39 Å². The Labute approximate surface area is 42.8 Å². The van der Waals surface area contributed by atoms with Gasteiger partial charge in [0.25, 0.3) is 0 Å². The maximum Gasteiger partial charge on any atom is 0.235 e. The van der Waals surface area contributed by atoms with Gasteiger partial charge in [0.2, 0.25) is 6.36 Å². The second kappa shape index (κ2) is 2.61. The Bertz CT molecular complexity index is 68.5. The van der Waals surface area contributed by atoms with Crippen LogP contribution in [0.15, 0.2) is 12.3 Å². The highest BCUT2D eigenvalue weighted by Crippen LogP contribution is 1.97. The molecular weight excluding hydrogens is 95.1 g/mol. The van der Waals surface area contributed by atoms with Gasteiger partial charge in [0.05, 0.1) is 5.76 Å². The number of alkyl halides is 1. The van der Waals surface area contributed by atoms with E-state index in [9.17, 15) is 4.39 Å². The molecule has 0 fully saturated rings. The van der Waals surface area contributed by atoms with Crippen LogP contribution in [-0.2, 0) is 4.74 Å². The minimum absolute atomic E-state index is 0.412. The van der Waals surface area contributed by atoms with Gasteiger partial charge in [-0.15, -0.1) is 0 Å². The minimum atomic E-state index is -1.22. The maximum atomic E-state index is 11.7. The first-order chi connectivity index (χ1) is 3.13. The fourth-order valence-corrected chi connectivity index (χ4v) is 0.277. The normalized spacial score (nSPS) is 13.0. The van der Waals surface area contributed by atoms with Crippen molar-refractivity contribution in [3.05, 3.63) is 12.3 Å². The van der Waals surface area contributed by atoms with Gasteiger partial charge >= 0.3 is 0 Å². The fraction of sp³-hybridized carbons (Fsp3) is 0.600. The topological polar surface area (TPSA) is 9.23 Å². The maximum absolute atomic E-state index is 11.7. The van der Waals surface area contributed by atoms with Gasteiger partial charge in [-0.3, -0.25) is 0 Å². The molecule has 1 nitrogen and oxygen atoms in total. The summed E-state index contributed by atoms with van der Waals surface area (Å²) in [7, 11) is 0. The highest BCUT2D eigenvalue weighted by Gasteiger charge is 1.92. The third-order valence-electron chi connectivity index (χ3n) is 0.364. The highest BCUT2D eigenvalue weighted by atomic mass is 19.1. The van der Waals surface area contributed by atoms with Gasteiger partial charge in [0.1, 0.15) is 0 Å². The molecule has 0 saturated heterocycles. The lowest BCUT2D eigenvalue weighted by Crippen LogP contribution is -1.95. The summed E-state index contributed by atoms with van der Waals surface area (Å²) in [5.41, 5.74) is 0. The molecule has 0 saturated carbocycles. The molecule has 0 aliphatic heterocycles. The quantitative estimate of drug-likeness (QED) is 0.486. The van der Waals surface area contributed by atoms with E-state index in [-0.39, 0.29) is 0 Å². The summed E-state index contributed by atoms with van der Waals surface area (Å²) in [5, 5.41) is 0. The van der Waals surface area contributed by atoms with Crippen LogP contribution >= 0.6 is 0 Å². The van der Waals surface area contributed by atoms with Gasteiger partial charge in [-0.2, -0.15) is 0 Å². The molecule has 0 N–H and O–H groups in total. The van der Waals surface area contributed by atoms with Gasteiger partial charge < -0.3 is 4.74 Å². The first-order valence-electron chi connectivity index (χ1n) is 2.09. The molecule has 2 heteroatoms. The van der Waals surface area contributed by atoms with E-state index >= 15 is 0 Å². The first kappa shape index (κ1) is 6.47. The molecule has 0 heterocycles. The van der Waals surface area contributed by atoms with Gasteiger partial charge in [-0.05, 0) is 6.92 Å². The second-order valence-corrected chi connectivity index (χ2v) is 1.36. The molecule has 0 aliphatic rings. The van der Waals surface area contributed by atoms with Crippen molar-refractivity contribution in [3.63, 3.8) is 0 Å². The van der Waals surface area contributed by atoms with Crippen LogP contribution in [0.1, 0.15) is 13.8 Å². The Morgan fingerprint density at radius 3 is 2.29 bits per heavy atom. The van der Waals surface area contributed by atoms with Crippen molar-refractivity contribution < 1.29 is 9.13 Å². The average molecular weight is 104 g/mol. The van der Waals surface area contributed by atoms with Crippen LogP contribution in [0.25, 0.3) is 0 Å². The van der Waals surface area contributed by atoms with Gasteiger partial charge in [0.15, 0.2) is 0 Å². The van der Waals surface area contributed by atoms with Crippen molar-refractivity contribution in [2.45, 2.75) is 20.2 Å². The van der Waals surface area contributed by atoms with E-state index in [0.29, 0.717) is 5.76 Å².